The van der Waals surface area contributed by atoms with Crippen molar-refractivity contribution >= 4 is 11.7 Å². The van der Waals surface area contributed by atoms with Crippen molar-refractivity contribution in [1.82, 2.24) is 0 Å². The third kappa shape index (κ3) is 2.94. The Morgan fingerprint density at radius 1 is 0.853 bits per heavy atom. The number of nitrogens with zero attached hydrogens (tertiary/aromatic N) is 1. The average Bonchev–Trinajstić information content (AvgIpc) is 3.20. The monoisotopic (exact) mass is 451 g/mol. The molecule has 3 aromatic rings. The maximum atomic E-state index is 13.5. The molecule has 0 aromatic heterocycles. The number of hydrogen-bond donors (Lipinski definition) is 1. The molecule has 4 heteroatoms. The minimum Gasteiger partial charge on any atom is -0.460 e. The van der Waals surface area contributed by atoms with Gasteiger partial charge >= 0.3 is 5.97 Å². The fraction of sp³-hybridized carbons (Fsp3) is 0.333. The highest BCUT2D eigenvalue weighted by atomic mass is 16.5. The van der Waals surface area contributed by atoms with Gasteiger partial charge in [-0.2, -0.15) is 0 Å². The van der Waals surface area contributed by atoms with Gasteiger partial charge in [-0.05, 0) is 37.7 Å². The summed E-state index contributed by atoms with van der Waals surface area (Å²) in [6.45, 7) is 0.237. The van der Waals surface area contributed by atoms with Crippen molar-refractivity contribution in [3.05, 3.63) is 108 Å². The van der Waals surface area contributed by atoms with E-state index in [-0.39, 0.29) is 18.6 Å². The summed E-state index contributed by atoms with van der Waals surface area (Å²) in [6.07, 6.45) is 3.76. The first kappa shape index (κ1) is 21.3. The zero-order valence-corrected chi connectivity index (χ0v) is 19.2. The van der Waals surface area contributed by atoms with Crippen LogP contribution in [-0.4, -0.2) is 28.4 Å². The zero-order chi connectivity index (χ0) is 23.2. The predicted molar refractivity (Wildman–Crippen MR) is 131 cm³/mol. The van der Waals surface area contributed by atoms with E-state index in [2.05, 4.69) is 24.3 Å². The minimum atomic E-state index is -0.945. The van der Waals surface area contributed by atoms with E-state index in [0.717, 1.165) is 41.7 Å². The molecule has 0 radical (unpaired) electrons. The molecule has 3 saturated carbocycles. The van der Waals surface area contributed by atoms with Gasteiger partial charge in [0.1, 0.15) is 12.0 Å². The van der Waals surface area contributed by atoms with Crippen LogP contribution in [0.1, 0.15) is 48.8 Å². The first-order valence-corrected chi connectivity index (χ1v) is 12.2. The molecule has 0 heterocycles. The van der Waals surface area contributed by atoms with Crippen molar-refractivity contribution in [1.29, 1.82) is 0 Å². The Kier molecular flexibility index (Phi) is 4.96. The normalized spacial score (nSPS) is 30.8. The summed E-state index contributed by atoms with van der Waals surface area (Å²) in [5, 5.41) is 11.6. The van der Waals surface area contributed by atoms with Crippen molar-refractivity contribution in [3.8, 4) is 0 Å². The van der Waals surface area contributed by atoms with E-state index >= 15 is 0 Å². The van der Waals surface area contributed by atoms with E-state index < -0.39 is 16.4 Å². The number of hydrogen-bond acceptors (Lipinski definition) is 4. The number of rotatable bonds is 6. The highest BCUT2D eigenvalue weighted by molar-refractivity contribution is 6.13. The second-order valence-corrected chi connectivity index (χ2v) is 10.0. The van der Waals surface area contributed by atoms with E-state index in [0.29, 0.717) is 12.8 Å². The number of carbonyl (C=O) groups excluding carboxylic acids is 1. The smallest absolute Gasteiger partial charge is 0.316 e. The van der Waals surface area contributed by atoms with Crippen LogP contribution < -0.4 is 0 Å². The molecule has 0 aliphatic heterocycles. The molecule has 1 spiro atoms. The molecule has 172 valence electrons. The standard InChI is InChI=1S/C30H29NO3/c32-27(34-21-22-11-4-1-5-12-22)29-20-25(19-28(29)17-10-18-30(28,29)33)31-26(23-13-6-2-7-14-23)24-15-8-3-9-16-24/h1-9,11-16,25,33H,10,17-21H2/t25-,28?,29-,30?/m1/s1. The third-order valence-electron chi connectivity index (χ3n) is 8.49. The van der Waals surface area contributed by atoms with Crippen molar-refractivity contribution in [2.24, 2.45) is 15.8 Å². The highest BCUT2D eigenvalue weighted by Crippen LogP contribution is 2.86. The van der Waals surface area contributed by atoms with Gasteiger partial charge in [-0.3, -0.25) is 9.79 Å². The van der Waals surface area contributed by atoms with Gasteiger partial charge < -0.3 is 9.84 Å². The maximum absolute atomic E-state index is 13.5. The largest absolute Gasteiger partial charge is 0.460 e. The Morgan fingerprint density at radius 3 is 2.06 bits per heavy atom. The summed E-state index contributed by atoms with van der Waals surface area (Å²) < 4.78 is 5.83. The predicted octanol–water partition coefficient (Wildman–Crippen LogP) is 5.33. The van der Waals surface area contributed by atoms with Gasteiger partial charge in [0.25, 0.3) is 0 Å². The van der Waals surface area contributed by atoms with E-state index in [1.165, 1.54) is 0 Å². The quantitative estimate of drug-likeness (QED) is 0.407. The molecular weight excluding hydrogens is 422 g/mol. The summed E-state index contributed by atoms with van der Waals surface area (Å²) in [6, 6.07) is 30.1. The van der Waals surface area contributed by atoms with Crippen LogP contribution in [0, 0.1) is 10.8 Å². The highest BCUT2D eigenvalue weighted by Gasteiger charge is 2.94. The van der Waals surface area contributed by atoms with Crippen molar-refractivity contribution < 1.29 is 14.6 Å². The lowest BCUT2D eigenvalue weighted by Gasteiger charge is -2.22. The van der Waals surface area contributed by atoms with Gasteiger partial charge in [-0.25, -0.2) is 0 Å². The fourth-order valence-electron chi connectivity index (χ4n) is 7.06. The van der Waals surface area contributed by atoms with Crippen LogP contribution in [-0.2, 0) is 16.1 Å². The van der Waals surface area contributed by atoms with Crippen molar-refractivity contribution in [3.63, 3.8) is 0 Å². The number of fused-ring (bicyclic) bond motifs is 1. The molecule has 0 amide bonds. The topological polar surface area (TPSA) is 58.9 Å². The molecule has 3 aliphatic rings. The second-order valence-electron chi connectivity index (χ2n) is 10.0. The summed E-state index contributed by atoms with van der Waals surface area (Å²) in [5.41, 5.74) is 1.85. The van der Waals surface area contributed by atoms with Crippen LogP contribution in [0.25, 0.3) is 0 Å². The molecule has 2 unspecified atom stereocenters. The van der Waals surface area contributed by atoms with E-state index in [4.69, 9.17) is 9.73 Å². The lowest BCUT2D eigenvalue weighted by Crippen LogP contribution is -2.32. The van der Waals surface area contributed by atoms with Gasteiger partial charge in [0.2, 0.25) is 0 Å². The third-order valence-corrected chi connectivity index (χ3v) is 8.49. The number of aliphatic hydroxyl groups is 1. The zero-order valence-electron chi connectivity index (χ0n) is 19.2. The number of esters is 1. The summed E-state index contributed by atoms with van der Waals surface area (Å²) in [7, 11) is 0. The molecule has 0 bridgehead atoms. The van der Waals surface area contributed by atoms with Crippen LogP contribution in [0.4, 0.5) is 0 Å². The molecule has 3 fully saturated rings. The lowest BCUT2D eigenvalue weighted by molar-refractivity contribution is -0.156. The molecule has 3 aromatic carbocycles. The average molecular weight is 452 g/mol. The Bertz CT molecular complexity index is 1180. The number of benzene rings is 3. The van der Waals surface area contributed by atoms with E-state index in [1.54, 1.807) is 0 Å². The number of aliphatic imine (C=N–C) groups is 1. The van der Waals surface area contributed by atoms with E-state index in [1.807, 2.05) is 66.7 Å². The van der Waals surface area contributed by atoms with Crippen LogP contribution in [0.2, 0.25) is 0 Å². The molecule has 6 rings (SSSR count). The van der Waals surface area contributed by atoms with Crippen LogP contribution >= 0.6 is 0 Å². The molecule has 4 atom stereocenters. The molecule has 3 aliphatic carbocycles. The Hall–Kier alpha value is -3.24. The lowest BCUT2D eigenvalue weighted by atomic mass is 9.90. The molecule has 34 heavy (non-hydrogen) atoms. The molecular formula is C30H29NO3. The first-order valence-electron chi connectivity index (χ1n) is 12.2. The maximum Gasteiger partial charge on any atom is 0.316 e. The summed E-state index contributed by atoms with van der Waals surface area (Å²) in [5.74, 6) is -0.253. The Labute approximate surface area is 200 Å². The minimum absolute atomic E-state index is 0.0296. The van der Waals surface area contributed by atoms with Crippen LogP contribution in [0.5, 0.6) is 0 Å². The van der Waals surface area contributed by atoms with Gasteiger partial charge in [-0.1, -0.05) is 91.0 Å². The summed E-state index contributed by atoms with van der Waals surface area (Å²) >= 11 is 0. The Morgan fingerprint density at radius 2 is 1.44 bits per heavy atom. The first-order chi connectivity index (χ1) is 16.6. The van der Waals surface area contributed by atoms with Crippen LogP contribution in [0.15, 0.2) is 96.0 Å². The molecule has 1 N–H and O–H groups in total. The van der Waals surface area contributed by atoms with Crippen molar-refractivity contribution in [2.75, 3.05) is 0 Å². The molecule has 0 saturated heterocycles. The number of carbonyl (C=O) groups is 1. The van der Waals surface area contributed by atoms with E-state index in [9.17, 15) is 9.90 Å². The van der Waals surface area contributed by atoms with Gasteiger partial charge in [0.05, 0.1) is 17.4 Å². The van der Waals surface area contributed by atoms with Crippen LogP contribution in [0.3, 0.4) is 0 Å². The summed E-state index contributed by atoms with van der Waals surface area (Å²) in [4.78, 5) is 18.8. The SMILES string of the molecule is O=C(OCc1ccccc1)[C@]12C[C@H](N=C(c3ccccc3)c3ccccc3)CC13CCCC32O. The fourth-order valence-corrected chi connectivity index (χ4v) is 7.06. The molecule has 4 nitrogen and oxygen atoms in total. The van der Waals surface area contributed by atoms with Gasteiger partial charge in [-0.15, -0.1) is 0 Å². The van der Waals surface area contributed by atoms with Gasteiger partial charge in [0, 0.05) is 16.5 Å². The Balaban J connectivity index is 1.31. The van der Waals surface area contributed by atoms with Gasteiger partial charge in [0.15, 0.2) is 0 Å². The number of ether oxygens (including phenoxy) is 1. The second kappa shape index (κ2) is 7.92. The van der Waals surface area contributed by atoms with Crippen molar-refractivity contribution in [2.45, 2.75) is 50.4 Å².